The molecule has 0 saturated heterocycles. The zero-order valence-corrected chi connectivity index (χ0v) is 12.6. The third kappa shape index (κ3) is 5.45. The monoisotopic (exact) mass is 339 g/mol. The average molecular weight is 339 g/mol. The van der Waals surface area contributed by atoms with Gasteiger partial charge in [-0.15, -0.1) is 0 Å². The van der Waals surface area contributed by atoms with E-state index in [1.165, 1.54) is 12.1 Å². The first-order valence-electron chi connectivity index (χ1n) is 6.55. The summed E-state index contributed by atoms with van der Waals surface area (Å²) in [5.41, 5.74) is -3.34. The Labute approximate surface area is 134 Å². The molecule has 0 unspecified atom stereocenters. The van der Waals surface area contributed by atoms with Gasteiger partial charge in [-0.05, 0) is 23.9 Å². The van der Waals surface area contributed by atoms with Crippen LogP contribution in [0.4, 0.5) is 18.9 Å². The molecule has 0 saturated carbocycles. The Morgan fingerprint density at radius 3 is 2.26 bits per heavy atom. The fraction of sp³-hybridized carbons (Fsp3) is 0.125. The zero-order chi connectivity index (χ0) is 16.9. The molecule has 23 heavy (non-hydrogen) atoms. The summed E-state index contributed by atoms with van der Waals surface area (Å²) in [4.78, 5) is 23.8. The molecule has 0 aliphatic heterocycles. The number of halogens is 3. The van der Waals surface area contributed by atoms with Gasteiger partial charge in [-0.2, -0.15) is 13.2 Å². The SMILES string of the molecule is O=C(CSC(F)(F)F)Nc1cccc(C(=O)c2ccccc2)c1. The molecule has 0 aromatic heterocycles. The number of rotatable bonds is 5. The standard InChI is InChI=1S/C16H12F3NO2S/c17-16(18,19)23-10-14(21)20-13-8-4-7-12(9-13)15(22)11-5-2-1-3-6-11/h1-9H,10H2,(H,20,21). The van der Waals surface area contributed by atoms with Gasteiger partial charge in [0.25, 0.3) is 0 Å². The first-order valence-corrected chi connectivity index (χ1v) is 7.54. The minimum atomic E-state index is -4.46. The van der Waals surface area contributed by atoms with E-state index in [-0.39, 0.29) is 11.5 Å². The van der Waals surface area contributed by atoms with Gasteiger partial charge in [0, 0.05) is 16.8 Å². The number of carbonyl (C=O) groups excluding carboxylic acids is 2. The van der Waals surface area contributed by atoms with Crippen molar-refractivity contribution in [2.75, 3.05) is 11.1 Å². The lowest BCUT2D eigenvalue weighted by atomic mass is 10.0. The second-order valence-electron chi connectivity index (χ2n) is 4.56. The Morgan fingerprint density at radius 2 is 1.61 bits per heavy atom. The van der Waals surface area contributed by atoms with Gasteiger partial charge in [-0.3, -0.25) is 9.59 Å². The van der Waals surface area contributed by atoms with Crippen molar-refractivity contribution < 1.29 is 22.8 Å². The summed E-state index contributed by atoms with van der Waals surface area (Å²) in [6, 6.07) is 14.6. The van der Waals surface area contributed by atoms with Crippen molar-refractivity contribution in [3.05, 3.63) is 65.7 Å². The van der Waals surface area contributed by atoms with Gasteiger partial charge in [0.15, 0.2) is 5.78 Å². The van der Waals surface area contributed by atoms with Crippen molar-refractivity contribution in [1.29, 1.82) is 0 Å². The number of hydrogen-bond acceptors (Lipinski definition) is 3. The number of thioether (sulfide) groups is 1. The summed E-state index contributed by atoms with van der Waals surface area (Å²) in [6.07, 6.45) is 0. The molecule has 0 fully saturated rings. The van der Waals surface area contributed by atoms with Crippen molar-refractivity contribution in [2.24, 2.45) is 0 Å². The Hall–Kier alpha value is -2.28. The lowest BCUT2D eigenvalue weighted by molar-refractivity contribution is -0.114. The van der Waals surface area contributed by atoms with Crippen molar-refractivity contribution in [3.8, 4) is 0 Å². The first-order chi connectivity index (χ1) is 10.8. The van der Waals surface area contributed by atoms with E-state index in [1.807, 2.05) is 0 Å². The van der Waals surface area contributed by atoms with Gasteiger partial charge in [0.1, 0.15) is 0 Å². The molecule has 0 bridgehead atoms. The van der Waals surface area contributed by atoms with E-state index in [9.17, 15) is 22.8 Å². The van der Waals surface area contributed by atoms with Crippen LogP contribution in [-0.2, 0) is 4.79 Å². The number of carbonyl (C=O) groups is 2. The molecule has 0 radical (unpaired) electrons. The second kappa shape index (κ2) is 7.32. The molecule has 2 rings (SSSR count). The van der Waals surface area contributed by atoms with Crippen molar-refractivity contribution >= 4 is 29.1 Å². The molecule has 120 valence electrons. The van der Waals surface area contributed by atoms with Crippen molar-refractivity contribution in [2.45, 2.75) is 5.51 Å². The summed E-state index contributed by atoms with van der Waals surface area (Å²) >= 11 is -0.411. The molecule has 3 nitrogen and oxygen atoms in total. The smallest absolute Gasteiger partial charge is 0.325 e. The average Bonchev–Trinajstić information content (AvgIpc) is 2.53. The van der Waals surface area contributed by atoms with Crippen molar-refractivity contribution in [1.82, 2.24) is 0 Å². The Morgan fingerprint density at radius 1 is 0.957 bits per heavy atom. The lowest BCUT2D eigenvalue weighted by Gasteiger charge is -2.08. The predicted molar refractivity (Wildman–Crippen MR) is 83.5 cm³/mol. The normalized spacial score (nSPS) is 11.1. The van der Waals surface area contributed by atoms with E-state index >= 15 is 0 Å². The summed E-state index contributed by atoms with van der Waals surface area (Å²) in [7, 11) is 0. The van der Waals surface area contributed by atoms with Gasteiger partial charge in [0.05, 0.1) is 5.75 Å². The van der Waals surface area contributed by atoms with Crippen LogP contribution in [0.1, 0.15) is 15.9 Å². The Bertz CT molecular complexity index is 702. The van der Waals surface area contributed by atoms with Gasteiger partial charge >= 0.3 is 5.51 Å². The van der Waals surface area contributed by atoms with Crippen LogP contribution < -0.4 is 5.32 Å². The molecule has 7 heteroatoms. The number of alkyl halides is 3. The molecular formula is C16H12F3NO2S. The fourth-order valence-electron chi connectivity index (χ4n) is 1.84. The summed E-state index contributed by atoms with van der Waals surface area (Å²) < 4.78 is 36.2. The third-order valence-electron chi connectivity index (χ3n) is 2.81. The maximum Gasteiger partial charge on any atom is 0.442 e. The molecule has 2 aromatic rings. The highest BCUT2D eigenvalue weighted by molar-refractivity contribution is 8.00. The van der Waals surface area contributed by atoms with Crippen LogP contribution in [0.15, 0.2) is 54.6 Å². The molecule has 1 amide bonds. The quantitative estimate of drug-likeness (QED) is 0.834. The van der Waals surface area contributed by atoms with Gasteiger partial charge in [-0.1, -0.05) is 42.5 Å². The highest BCUT2D eigenvalue weighted by Gasteiger charge is 2.29. The summed E-state index contributed by atoms with van der Waals surface area (Å²) in [5, 5.41) is 2.35. The molecule has 0 heterocycles. The molecular weight excluding hydrogens is 327 g/mol. The van der Waals surface area contributed by atoms with Crippen molar-refractivity contribution in [3.63, 3.8) is 0 Å². The van der Waals surface area contributed by atoms with Gasteiger partial charge in [-0.25, -0.2) is 0 Å². The maximum atomic E-state index is 12.3. The molecule has 0 aliphatic rings. The van der Waals surface area contributed by atoms with Crippen LogP contribution in [0.3, 0.4) is 0 Å². The highest BCUT2D eigenvalue weighted by Crippen LogP contribution is 2.30. The van der Waals surface area contributed by atoms with Gasteiger partial charge < -0.3 is 5.32 Å². The minimum absolute atomic E-state index is 0.230. The number of amides is 1. The van der Waals surface area contributed by atoms with E-state index in [2.05, 4.69) is 5.32 Å². The van der Waals surface area contributed by atoms with Crippen LogP contribution in [0.5, 0.6) is 0 Å². The lowest BCUT2D eigenvalue weighted by Crippen LogP contribution is -2.17. The third-order valence-corrected chi connectivity index (χ3v) is 3.55. The van der Waals surface area contributed by atoms with Crippen LogP contribution in [0, 0.1) is 0 Å². The Kier molecular flexibility index (Phi) is 5.44. The second-order valence-corrected chi connectivity index (χ2v) is 5.60. The molecule has 2 aromatic carbocycles. The molecule has 1 N–H and O–H groups in total. The number of nitrogens with one attached hydrogen (secondary N) is 1. The minimum Gasteiger partial charge on any atom is -0.325 e. The fourth-order valence-corrected chi connectivity index (χ4v) is 2.21. The Balaban J connectivity index is 2.05. The van der Waals surface area contributed by atoms with E-state index in [4.69, 9.17) is 0 Å². The van der Waals surface area contributed by atoms with Crippen LogP contribution in [0.25, 0.3) is 0 Å². The summed E-state index contributed by atoms with van der Waals surface area (Å²) in [5.74, 6) is -1.75. The zero-order valence-electron chi connectivity index (χ0n) is 11.8. The van der Waals surface area contributed by atoms with Crippen LogP contribution in [0.2, 0.25) is 0 Å². The molecule has 0 spiro atoms. The maximum absolute atomic E-state index is 12.3. The molecule has 0 atom stereocenters. The van der Waals surface area contributed by atoms with E-state index in [1.54, 1.807) is 42.5 Å². The summed E-state index contributed by atoms with van der Waals surface area (Å²) in [6.45, 7) is 0. The predicted octanol–water partition coefficient (Wildman–Crippen LogP) is 4.11. The number of anilines is 1. The largest absolute Gasteiger partial charge is 0.442 e. The van der Waals surface area contributed by atoms with E-state index in [0.717, 1.165) is 0 Å². The van der Waals surface area contributed by atoms with Crippen LogP contribution in [-0.4, -0.2) is 23.0 Å². The number of benzene rings is 2. The van der Waals surface area contributed by atoms with Crippen LogP contribution >= 0.6 is 11.8 Å². The van der Waals surface area contributed by atoms with E-state index < -0.39 is 28.9 Å². The number of hydrogen-bond donors (Lipinski definition) is 1. The highest BCUT2D eigenvalue weighted by atomic mass is 32.2. The first kappa shape index (κ1) is 17.1. The van der Waals surface area contributed by atoms with Gasteiger partial charge in [0.2, 0.25) is 5.91 Å². The molecule has 0 aliphatic carbocycles. The van der Waals surface area contributed by atoms with E-state index in [0.29, 0.717) is 11.1 Å². The number of ketones is 1. The topological polar surface area (TPSA) is 46.2 Å².